The van der Waals surface area contributed by atoms with E-state index in [1.165, 1.54) is 0 Å². The molecule has 2 amide bonds. The molecular weight excluding hydrogens is 344 g/mol. The zero-order chi connectivity index (χ0) is 19.8. The SMILES string of the molecule is CCC(=O)c1ccc(OCC(=O)NCC(=O)Nc2cccc(C)c2C)cc1. The maximum atomic E-state index is 12.0. The average Bonchev–Trinajstić information content (AvgIpc) is 2.68. The Kier molecular flexibility index (Phi) is 7.11. The van der Waals surface area contributed by atoms with E-state index in [0.29, 0.717) is 17.7 Å². The van der Waals surface area contributed by atoms with Crippen LogP contribution in [0.25, 0.3) is 0 Å². The Labute approximate surface area is 158 Å². The van der Waals surface area contributed by atoms with Gasteiger partial charge in [-0.3, -0.25) is 14.4 Å². The van der Waals surface area contributed by atoms with Crippen molar-refractivity contribution in [3.05, 3.63) is 59.2 Å². The van der Waals surface area contributed by atoms with Gasteiger partial charge in [0.05, 0.1) is 6.54 Å². The third-order valence-corrected chi connectivity index (χ3v) is 4.19. The van der Waals surface area contributed by atoms with Crippen molar-refractivity contribution in [3.63, 3.8) is 0 Å². The quantitative estimate of drug-likeness (QED) is 0.702. The van der Waals surface area contributed by atoms with E-state index in [4.69, 9.17) is 4.74 Å². The maximum Gasteiger partial charge on any atom is 0.258 e. The summed E-state index contributed by atoms with van der Waals surface area (Å²) in [5.41, 5.74) is 3.41. The summed E-state index contributed by atoms with van der Waals surface area (Å²) in [7, 11) is 0. The van der Waals surface area contributed by atoms with Crippen LogP contribution >= 0.6 is 0 Å². The number of aryl methyl sites for hydroxylation is 1. The standard InChI is InChI=1S/C21H24N2O4/c1-4-19(24)16-8-10-17(11-9-16)27-13-21(26)22-12-20(25)23-18-7-5-6-14(2)15(18)3/h5-11H,4,12-13H2,1-3H3,(H,22,26)(H,23,25). The van der Waals surface area contributed by atoms with Crippen LogP contribution in [0.5, 0.6) is 5.75 Å². The first-order chi connectivity index (χ1) is 12.9. The van der Waals surface area contributed by atoms with Crippen LogP contribution < -0.4 is 15.4 Å². The first-order valence-corrected chi connectivity index (χ1v) is 8.79. The molecular formula is C21H24N2O4. The van der Waals surface area contributed by atoms with Gasteiger partial charge >= 0.3 is 0 Å². The molecule has 0 aromatic heterocycles. The zero-order valence-corrected chi connectivity index (χ0v) is 15.8. The fraction of sp³-hybridized carbons (Fsp3) is 0.286. The molecule has 0 aliphatic rings. The van der Waals surface area contributed by atoms with Crippen molar-refractivity contribution >= 4 is 23.3 Å². The third-order valence-electron chi connectivity index (χ3n) is 4.19. The molecule has 0 spiro atoms. The number of hydrogen-bond donors (Lipinski definition) is 2. The number of carbonyl (C=O) groups excluding carboxylic acids is 3. The fourth-order valence-electron chi connectivity index (χ4n) is 2.40. The van der Waals surface area contributed by atoms with Gasteiger partial charge in [-0.15, -0.1) is 0 Å². The molecule has 0 aliphatic heterocycles. The second-order valence-electron chi connectivity index (χ2n) is 6.16. The van der Waals surface area contributed by atoms with Crippen LogP contribution in [-0.2, 0) is 9.59 Å². The van der Waals surface area contributed by atoms with Gasteiger partial charge in [0, 0.05) is 17.7 Å². The van der Waals surface area contributed by atoms with Crippen LogP contribution in [0, 0.1) is 13.8 Å². The minimum atomic E-state index is -0.403. The van der Waals surface area contributed by atoms with Crippen molar-refractivity contribution in [2.45, 2.75) is 27.2 Å². The third kappa shape index (κ3) is 5.95. The molecule has 0 fully saturated rings. The normalized spacial score (nSPS) is 10.2. The summed E-state index contributed by atoms with van der Waals surface area (Å²) >= 11 is 0. The van der Waals surface area contributed by atoms with Crippen LogP contribution in [0.15, 0.2) is 42.5 Å². The number of hydrogen-bond acceptors (Lipinski definition) is 4. The molecule has 2 N–H and O–H groups in total. The lowest BCUT2D eigenvalue weighted by atomic mass is 10.1. The number of carbonyl (C=O) groups is 3. The van der Waals surface area contributed by atoms with Gasteiger partial charge in [-0.05, 0) is 55.3 Å². The second-order valence-corrected chi connectivity index (χ2v) is 6.16. The molecule has 142 valence electrons. The number of amides is 2. The van der Waals surface area contributed by atoms with Gasteiger partial charge in [0.2, 0.25) is 5.91 Å². The number of nitrogens with one attached hydrogen (secondary N) is 2. The molecule has 2 rings (SSSR count). The highest BCUT2D eigenvalue weighted by atomic mass is 16.5. The molecule has 0 bridgehead atoms. The molecule has 0 saturated heterocycles. The van der Waals surface area contributed by atoms with Crippen molar-refractivity contribution in [2.24, 2.45) is 0 Å². The number of Topliss-reactive ketones (excluding diaryl/α,β-unsaturated/α-hetero) is 1. The molecule has 0 aliphatic carbocycles. The van der Waals surface area contributed by atoms with Crippen LogP contribution in [0.2, 0.25) is 0 Å². The first-order valence-electron chi connectivity index (χ1n) is 8.79. The number of ketones is 1. The smallest absolute Gasteiger partial charge is 0.258 e. The highest BCUT2D eigenvalue weighted by molar-refractivity contribution is 5.96. The van der Waals surface area contributed by atoms with Crippen LogP contribution in [0.4, 0.5) is 5.69 Å². The predicted octanol–water partition coefficient (Wildman–Crippen LogP) is 3.03. The van der Waals surface area contributed by atoms with Crippen molar-refractivity contribution in [2.75, 3.05) is 18.5 Å². The molecule has 0 heterocycles. The van der Waals surface area contributed by atoms with E-state index >= 15 is 0 Å². The van der Waals surface area contributed by atoms with Crippen molar-refractivity contribution in [1.82, 2.24) is 5.32 Å². The molecule has 0 unspecified atom stereocenters. The lowest BCUT2D eigenvalue weighted by molar-refractivity contribution is -0.125. The van der Waals surface area contributed by atoms with E-state index in [9.17, 15) is 14.4 Å². The molecule has 6 heteroatoms. The lowest BCUT2D eigenvalue weighted by Gasteiger charge is -2.11. The predicted molar refractivity (Wildman–Crippen MR) is 104 cm³/mol. The zero-order valence-electron chi connectivity index (χ0n) is 15.8. The minimum absolute atomic E-state index is 0.0501. The Morgan fingerprint density at radius 2 is 1.67 bits per heavy atom. The molecule has 27 heavy (non-hydrogen) atoms. The molecule has 2 aromatic rings. The maximum absolute atomic E-state index is 12.0. The van der Waals surface area contributed by atoms with Crippen molar-refractivity contribution in [1.29, 1.82) is 0 Å². The van der Waals surface area contributed by atoms with Gasteiger partial charge in [0.1, 0.15) is 5.75 Å². The number of rotatable bonds is 8. The molecule has 6 nitrogen and oxygen atoms in total. The number of anilines is 1. The van der Waals surface area contributed by atoms with Gasteiger partial charge < -0.3 is 15.4 Å². The van der Waals surface area contributed by atoms with Crippen molar-refractivity contribution in [3.8, 4) is 5.75 Å². The fourth-order valence-corrected chi connectivity index (χ4v) is 2.40. The second kappa shape index (κ2) is 9.52. The Morgan fingerprint density at radius 1 is 0.963 bits per heavy atom. The van der Waals surface area contributed by atoms with E-state index in [1.54, 1.807) is 31.2 Å². The molecule has 0 atom stereocenters. The molecule has 0 radical (unpaired) electrons. The van der Waals surface area contributed by atoms with Crippen LogP contribution in [0.1, 0.15) is 34.8 Å². The van der Waals surface area contributed by atoms with Gasteiger partial charge in [0.15, 0.2) is 12.4 Å². The Bertz CT molecular complexity index is 829. The number of ether oxygens (including phenoxy) is 1. The van der Waals surface area contributed by atoms with Gasteiger partial charge in [0.25, 0.3) is 5.91 Å². The summed E-state index contributed by atoms with van der Waals surface area (Å²) in [5.74, 6) is -0.175. The average molecular weight is 368 g/mol. The first kappa shape index (κ1) is 20.2. The van der Waals surface area contributed by atoms with E-state index in [-0.39, 0.29) is 24.8 Å². The van der Waals surface area contributed by atoms with Crippen LogP contribution in [-0.4, -0.2) is 30.7 Å². The summed E-state index contributed by atoms with van der Waals surface area (Å²) in [6.45, 7) is 5.34. The van der Waals surface area contributed by atoms with E-state index in [0.717, 1.165) is 16.8 Å². The van der Waals surface area contributed by atoms with Crippen LogP contribution in [0.3, 0.4) is 0 Å². The lowest BCUT2D eigenvalue weighted by Crippen LogP contribution is -2.35. The molecule has 0 saturated carbocycles. The summed E-state index contributed by atoms with van der Waals surface area (Å²) in [6.07, 6.45) is 0.437. The Hall–Kier alpha value is -3.15. The topological polar surface area (TPSA) is 84.5 Å². The highest BCUT2D eigenvalue weighted by Crippen LogP contribution is 2.17. The molecule has 2 aromatic carbocycles. The number of benzene rings is 2. The van der Waals surface area contributed by atoms with E-state index in [1.807, 2.05) is 32.0 Å². The Balaban J connectivity index is 1.76. The van der Waals surface area contributed by atoms with E-state index in [2.05, 4.69) is 10.6 Å². The summed E-state index contributed by atoms with van der Waals surface area (Å²) in [6, 6.07) is 12.3. The monoisotopic (exact) mass is 368 g/mol. The van der Waals surface area contributed by atoms with Gasteiger partial charge in [-0.25, -0.2) is 0 Å². The van der Waals surface area contributed by atoms with E-state index < -0.39 is 5.91 Å². The van der Waals surface area contributed by atoms with Gasteiger partial charge in [-0.2, -0.15) is 0 Å². The van der Waals surface area contributed by atoms with Crippen molar-refractivity contribution < 1.29 is 19.1 Å². The highest BCUT2D eigenvalue weighted by Gasteiger charge is 2.09. The summed E-state index contributed by atoms with van der Waals surface area (Å²) in [4.78, 5) is 35.4. The van der Waals surface area contributed by atoms with Gasteiger partial charge in [-0.1, -0.05) is 19.1 Å². The summed E-state index contributed by atoms with van der Waals surface area (Å²) < 4.78 is 5.37. The largest absolute Gasteiger partial charge is 0.484 e. The summed E-state index contributed by atoms with van der Waals surface area (Å²) in [5, 5.41) is 5.29. The Morgan fingerprint density at radius 3 is 2.33 bits per heavy atom. The minimum Gasteiger partial charge on any atom is -0.484 e.